The molecule has 0 atom stereocenters. The van der Waals surface area contributed by atoms with Gasteiger partial charge in [-0.25, -0.2) is 5.01 Å². The van der Waals surface area contributed by atoms with Gasteiger partial charge in [-0.2, -0.15) is 0 Å². The first kappa shape index (κ1) is 16.4. The summed E-state index contributed by atoms with van der Waals surface area (Å²) in [6.45, 7) is 9.07. The van der Waals surface area contributed by atoms with Crippen molar-refractivity contribution in [2.75, 3.05) is 18.1 Å². The molecule has 0 radical (unpaired) electrons. The fourth-order valence-electron chi connectivity index (χ4n) is 1.87. The number of hydrogen-bond donors (Lipinski definition) is 1. The van der Waals surface area contributed by atoms with Gasteiger partial charge in [0, 0.05) is 13.1 Å². The highest BCUT2D eigenvalue weighted by atomic mass is 15.5. The first-order valence-electron chi connectivity index (χ1n) is 7.37. The fraction of sp³-hybridized carbons (Fsp3) is 0.500. The molecule has 0 saturated heterocycles. The molecule has 1 aromatic carbocycles. The fourth-order valence-corrected chi connectivity index (χ4v) is 1.87. The van der Waals surface area contributed by atoms with Crippen molar-refractivity contribution in [3.05, 3.63) is 42.1 Å². The number of hydrogen-bond acceptors (Lipinski definition) is 3. The normalized spacial score (nSPS) is 10.9. The molecule has 0 fully saturated rings. The summed E-state index contributed by atoms with van der Waals surface area (Å²) in [5, 5.41) is 10.0. The Labute approximate surface area is 122 Å². The third-order valence-electron chi connectivity index (χ3n) is 3.13. The van der Waals surface area contributed by atoms with Crippen molar-refractivity contribution < 1.29 is 0 Å². The second-order valence-electron chi connectivity index (χ2n) is 4.80. The Morgan fingerprint density at radius 1 is 1.20 bits per heavy atom. The predicted octanol–water partition coefficient (Wildman–Crippen LogP) is 4.09. The first-order valence-corrected chi connectivity index (χ1v) is 7.37. The van der Waals surface area contributed by atoms with Gasteiger partial charge in [0.25, 0.3) is 0 Å². The molecule has 0 aliphatic carbocycles. The summed E-state index contributed by atoms with van der Waals surface area (Å²) >= 11 is 0. The lowest BCUT2D eigenvalue weighted by atomic mass is 10.1. The van der Waals surface area contributed by atoms with Gasteiger partial charge in [0.15, 0.2) is 0 Å². The molecule has 4 heteroatoms. The smallest absolute Gasteiger partial charge is 0.0712 e. The van der Waals surface area contributed by atoms with Crippen LogP contribution in [0.4, 0.5) is 5.69 Å². The zero-order valence-electron chi connectivity index (χ0n) is 12.7. The highest BCUT2D eigenvalue weighted by Crippen LogP contribution is 2.17. The van der Waals surface area contributed by atoms with E-state index in [1.807, 2.05) is 11.9 Å². The molecule has 0 aliphatic heterocycles. The van der Waals surface area contributed by atoms with Crippen LogP contribution in [0.15, 0.2) is 46.9 Å². The maximum absolute atomic E-state index is 5.44. The highest BCUT2D eigenvalue weighted by Gasteiger charge is 2.03. The van der Waals surface area contributed by atoms with Gasteiger partial charge in [-0.3, -0.25) is 0 Å². The summed E-state index contributed by atoms with van der Waals surface area (Å²) < 4.78 is 0. The van der Waals surface area contributed by atoms with Crippen LogP contribution in [0.2, 0.25) is 0 Å². The van der Waals surface area contributed by atoms with Crippen molar-refractivity contribution in [3.63, 3.8) is 0 Å². The summed E-state index contributed by atoms with van der Waals surface area (Å²) in [7, 11) is 0. The van der Waals surface area contributed by atoms with E-state index in [2.05, 4.69) is 48.1 Å². The van der Waals surface area contributed by atoms with Gasteiger partial charge in [-0.1, -0.05) is 43.7 Å². The van der Waals surface area contributed by atoms with Crippen LogP contribution in [0.3, 0.4) is 0 Å². The van der Waals surface area contributed by atoms with Gasteiger partial charge < -0.3 is 5.73 Å². The van der Waals surface area contributed by atoms with E-state index in [-0.39, 0.29) is 0 Å². The summed E-state index contributed by atoms with van der Waals surface area (Å²) in [6.07, 6.45) is 4.94. The zero-order valence-corrected chi connectivity index (χ0v) is 12.7. The molecule has 20 heavy (non-hydrogen) atoms. The summed E-state index contributed by atoms with van der Waals surface area (Å²) in [4.78, 5) is 0. The molecule has 0 spiro atoms. The van der Waals surface area contributed by atoms with E-state index in [1.54, 1.807) is 0 Å². The molecule has 0 bridgehead atoms. The SMILES string of the molecule is C=C(CN)N=NN(CC)c1ccc(CCCCC)cc1. The first-order chi connectivity index (χ1) is 9.71. The van der Waals surface area contributed by atoms with E-state index in [4.69, 9.17) is 5.73 Å². The molecule has 1 rings (SSSR count). The third kappa shape index (κ3) is 5.53. The van der Waals surface area contributed by atoms with Gasteiger partial charge in [-0.15, -0.1) is 5.11 Å². The van der Waals surface area contributed by atoms with Crippen LogP contribution < -0.4 is 10.7 Å². The Balaban J connectivity index is 2.64. The zero-order chi connectivity index (χ0) is 14.8. The molecule has 0 saturated carbocycles. The molecule has 0 heterocycles. The minimum Gasteiger partial charge on any atom is -0.325 e. The molecule has 0 aromatic heterocycles. The van der Waals surface area contributed by atoms with Crippen molar-refractivity contribution in [1.29, 1.82) is 0 Å². The quantitative estimate of drug-likeness (QED) is 0.419. The molecule has 110 valence electrons. The average Bonchev–Trinajstić information content (AvgIpc) is 2.49. The van der Waals surface area contributed by atoms with E-state index in [0.29, 0.717) is 12.2 Å². The summed E-state index contributed by atoms with van der Waals surface area (Å²) in [5.41, 5.74) is 8.45. The monoisotopic (exact) mass is 274 g/mol. The second-order valence-corrected chi connectivity index (χ2v) is 4.80. The number of anilines is 1. The summed E-state index contributed by atoms with van der Waals surface area (Å²) in [6, 6.07) is 8.52. The number of nitrogens with zero attached hydrogens (tertiary/aromatic N) is 3. The van der Waals surface area contributed by atoms with Gasteiger partial charge >= 0.3 is 0 Å². The predicted molar refractivity (Wildman–Crippen MR) is 85.7 cm³/mol. The molecule has 1 aromatic rings. The van der Waals surface area contributed by atoms with Crippen molar-refractivity contribution in [3.8, 4) is 0 Å². The van der Waals surface area contributed by atoms with Crippen LogP contribution >= 0.6 is 0 Å². The van der Waals surface area contributed by atoms with E-state index >= 15 is 0 Å². The van der Waals surface area contributed by atoms with E-state index < -0.39 is 0 Å². The van der Waals surface area contributed by atoms with Gasteiger partial charge in [0.1, 0.15) is 0 Å². The number of nitrogens with two attached hydrogens (primary N) is 1. The maximum Gasteiger partial charge on any atom is 0.0712 e. The van der Waals surface area contributed by atoms with E-state index in [9.17, 15) is 0 Å². The largest absolute Gasteiger partial charge is 0.325 e. The van der Waals surface area contributed by atoms with Crippen molar-refractivity contribution in [2.45, 2.75) is 39.5 Å². The topological polar surface area (TPSA) is 54.0 Å². The minimum absolute atomic E-state index is 0.331. The van der Waals surface area contributed by atoms with Crippen molar-refractivity contribution >= 4 is 5.69 Å². The van der Waals surface area contributed by atoms with E-state index in [1.165, 1.54) is 24.8 Å². The molecule has 2 N–H and O–H groups in total. The third-order valence-corrected chi connectivity index (χ3v) is 3.13. The van der Waals surface area contributed by atoms with E-state index in [0.717, 1.165) is 18.7 Å². The highest BCUT2D eigenvalue weighted by molar-refractivity contribution is 5.46. The lowest BCUT2D eigenvalue weighted by Gasteiger charge is -2.15. The van der Waals surface area contributed by atoms with Crippen LogP contribution in [-0.2, 0) is 6.42 Å². The molecule has 0 unspecified atom stereocenters. The standard InChI is InChI=1S/C16H26N4/c1-4-6-7-8-15-9-11-16(12-10-15)20(5-2)19-18-14(3)13-17/h9-12H,3-8,13,17H2,1-2H3. The van der Waals surface area contributed by atoms with Gasteiger partial charge in [-0.05, 0) is 37.5 Å². The lowest BCUT2D eigenvalue weighted by molar-refractivity contribution is 0.717. The van der Waals surface area contributed by atoms with Crippen LogP contribution in [0, 0.1) is 0 Å². The minimum atomic E-state index is 0.331. The Morgan fingerprint density at radius 2 is 1.90 bits per heavy atom. The maximum atomic E-state index is 5.44. The number of benzene rings is 1. The molecule has 4 nitrogen and oxygen atoms in total. The second kappa shape index (κ2) is 9.26. The lowest BCUT2D eigenvalue weighted by Crippen LogP contribution is -2.14. The van der Waals surface area contributed by atoms with Crippen molar-refractivity contribution in [1.82, 2.24) is 0 Å². The Bertz CT molecular complexity index is 423. The Kier molecular flexibility index (Phi) is 7.58. The molecule has 0 aliphatic rings. The van der Waals surface area contributed by atoms with Crippen molar-refractivity contribution in [2.24, 2.45) is 16.1 Å². The van der Waals surface area contributed by atoms with Crippen LogP contribution in [-0.4, -0.2) is 13.1 Å². The van der Waals surface area contributed by atoms with Crippen LogP contribution in [0.1, 0.15) is 38.7 Å². The molecular weight excluding hydrogens is 248 g/mol. The average molecular weight is 274 g/mol. The Morgan fingerprint density at radius 3 is 2.45 bits per heavy atom. The summed E-state index contributed by atoms with van der Waals surface area (Å²) in [5.74, 6) is 0. The number of aryl methyl sites for hydroxylation is 1. The molecule has 0 amide bonds. The van der Waals surface area contributed by atoms with Gasteiger partial charge in [0.05, 0.1) is 11.4 Å². The van der Waals surface area contributed by atoms with Crippen LogP contribution in [0.25, 0.3) is 0 Å². The Hall–Kier alpha value is -1.68. The van der Waals surface area contributed by atoms with Crippen LogP contribution in [0.5, 0.6) is 0 Å². The number of unbranched alkanes of at least 4 members (excludes halogenated alkanes) is 2. The van der Waals surface area contributed by atoms with Gasteiger partial charge in [0.2, 0.25) is 0 Å². The molecular formula is C16H26N4. The number of rotatable bonds is 9.